The first-order chi connectivity index (χ1) is 11.7. The van der Waals surface area contributed by atoms with Gasteiger partial charge in [0.1, 0.15) is 5.82 Å². The van der Waals surface area contributed by atoms with Crippen molar-refractivity contribution in [3.8, 4) is 0 Å². The van der Waals surface area contributed by atoms with E-state index in [-0.39, 0.29) is 5.82 Å². The van der Waals surface area contributed by atoms with E-state index in [4.69, 9.17) is 0 Å². The van der Waals surface area contributed by atoms with Crippen molar-refractivity contribution < 1.29 is 4.39 Å². The van der Waals surface area contributed by atoms with Gasteiger partial charge in [0.25, 0.3) is 0 Å². The van der Waals surface area contributed by atoms with E-state index >= 15 is 0 Å². The van der Waals surface area contributed by atoms with Crippen molar-refractivity contribution in [3.63, 3.8) is 0 Å². The van der Waals surface area contributed by atoms with Gasteiger partial charge in [-0.25, -0.2) is 4.39 Å². The third-order valence-electron chi connectivity index (χ3n) is 4.59. The summed E-state index contributed by atoms with van der Waals surface area (Å²) in [6, 6.07) is 15.3. The molecule has 24 heavy (non-hydrogen) atoms. The molecule has 2 aromatic carbocycles. The number of rotatable bonds is 5. The van der Waals surface area contributed by atoms with Crippen LogP contribution in [0.5, 0.6) is 0 Å². The van der Waals surface area contributed by atoms with Crippen molar-refractivity contribution in [1.29, 1.82) is 0 Å². The molecule has 1 fully saturated rings. The molecule has 0 amide bonds. The molecule has 0 bridgehead atoms. The highest BCUT2D eigenvalue weighted by molar-refractivity contribution is 5.82. The van der Waals surface area contributed by atoms with Crippen LogP contribution < -0.4 is 5.43 Å². The summed E-state index contributed by atoms with van der Waals surface area (Å²) >= 11 is 0. The van der Waals surface area contributed by atoms with Gasteiger partial charge in [0, 0.05) is 12.6 Å². The minimum Gasteiger partial charge on any atom is -0.296 e. The van der Waals surface area contributed by atoms with Crippen molar-refractivity contribution in [2.75, 3.05) is 12.0 Å². The Labute approximate surface area is 143 Å². The first-order valence-corrected chi connectivity index (χ1v) is 8.59. The zero-order chi connectivity index (χ0) is 16.8. The maximum absolute atomic E-state index is 13.7. The predicted molar refractivity (Wildman–Crippen MR) is 97.8 cm³/mol. The van der Waals surface area contributed by atoms with Crippen LogP contribution >= 0.6 is 0 Å². The monoisotopic (exact) mass is 325 g/mol. The van der Waals surface area contributed by atoms with Crippen LogP contribution in [-0.4, -0.2) is 23.7 Å². The average Bonchev–Trinajstić information content (AvgIpc) is 2.60. The molecule has 0 spiro atoms. The molecule has 0 saturated carbocycles. The number of likely N-dealkylation sites (tertiary alicyclic amines) is 1. The first kappa shape index (κ1) is 16.7. The fourth-order valence-electron chi connectivity index (χ4n) is 3.14. The quantitative estimate of drug-likeness (QED) is 0.640. The summed E-state index contributed by atoms with van der Waals surface area (Å²) < 4.78 is 13.7. The molecule has 1 heterocycles. The summed E-state index contributed by atoms with van der Waals surface area (Å²) in [6.45, 7) is 4.10. The second-order valence-electron chi connectivity index (χ2n) is 6.39. The van der Waals surface area contributed by atoms with Crippen molar-refractivity contribution in [3.05, 3.63) is 65.5 Å². The first-order valence-electron chi connectivity index (χ1n) is 8.59. The van der Waals surface area contributed by atoms with Crippen LogP contribution in [0, 0.1) is 5.82 Å². The highest BCUT2D eigenvalue weighted by Gasteiger charge is 2.19. The Hall–Kier alpha value is -2.20. The van der Waals surface area contributed by atoms with E-state index in [1.807, 2.05) is 30.3 Å². The van der Waals surface area contributed by atoms with E-state index in [2.05, 4.69) is 22.4 Å². The number of nitrogens with zero attached hydrogens (tertiary/aromatic N) is 2. The van der Waals surface area contributed by atoms with E-state index in [9.17, 15) is 4.39 Å². The number of hydrogen-bond acceptors (Lipinski definition) is 3. The fraction of sp³-hybridized carbons (Fsp3) is 0.350. The maximum Gasteiger partial charge on any atom is 0.123 e. The highest BCUT2D eigenvalue weighted by Crippen LogP contribution is 2.21. The number of hydrogen-bond donors (Lipinski definition) is 1. The summed E-state index contributed by atoms with van der Waals surface area (Å²) in [5.74, 6) is -0.192. The van der Waals surface area contributed by atoms with Crippen LogP contribution in [0.3, 0.4) is 0 Å². The summed E-state index contributed by atoms with van der Waals surface area (Å²) in [5.41, 5.74) is 5.89. The normalized spacial score (nSPS) is 18.8. The third kappa shape index (κ3) is 4.42. The maximum atomic E-state index is 13.7. The Morgan fingerprint density at radius 1 is 1.21 bits per heavy atom. The second-order valence-corrected chi connectivity index (χ2v) is 6.39. The number of benzene rings is 2. The molecule has 1 aliphatic heterocycles. The van der Waals surface area contributed by atoms with Gasteiger partial charge in [-0.1, -0.05) is 30.7 Å². The zero-order valence-corrected chi connectivity index (χ0v) is 14.1. The minimum absolute atomic E-state index is 0.192. The molecule has 3 nitrogen and oxygen atoms in total. The van der Waals surface area contributed by atoms with E-state index in [1.54, 1.807) is 18.3 Å². The lowest BCUT2D eigenvalue weighted by Crippen LogP contribution is -2.37. The molecular formula is C20H24FN3. The summed E-state index contributed by atoms with van der Waals surface area (Å²) in [4.78, 5) is 2.43. The van der Waals surface area contributed by atoms with Crippen LogP contribution in [0.1, 0.15) is 37.3 Å². The van der Waals surface area contributed by atoms with E-state index < -0.39 is 0 Å². The van der Waals surface area contributed by atoms with Crippen LogP contribution in [0.25, 0.3) is 0 Å². The fourth-order valence-corrected chi connectivity index (χ4v) is 3.14. The molecule has 1 atom stereocenters. The van der Waals surface area contributed by atoms with Crippen molar-refractivity contribution in [2.45, 2.75) is 38.8 Å². The van der Waals surface area contributed by atoms with Crippen molar-refractivity contribution in [1.82, 2.24) is 4.90 Å². The SMILES string of the molecule is CC1CCCCN1Cc1cc(F)ccc1C=NNc1ccccc1. The van der Waals surface area contributed by atoms with Gasteiger partial charge in [-0.2, -0.15) is 5.10 Å². The van der Waals surface area contributed by atoms with Crippen LogP contribution in [-0.2, 0) is 6.54 Å². The Bertz CT molecular complexity index is 685. The van der Waals surface area contributed by atoms with Crippen molar-refractivity contribution >= 4 is 11.9 Å². The van der Waals surface area contributed by atoms with Gasteiger partial charge in [-0.15, -0.1) is 0 Å². The summed E-state index contributed by atoms with van der Waals surface area (Å²) in [5, 5.41) is 4.30. The molecular weight excluding hydrogens is 301 g/mol. The lowest BCUT2D eigenvalue weighted by Gasteiger charge is -2.33. The average molecular weight is 325 g/mol. The molecule has 4 heteroatoms. The van der Waals surface area contributed by atoms with Gasteiger partial charge in [0.05, 0.1) is 11.9 Å². The molecule has 0 aliphatic carbocycles. The smallest absolute Gasteiger partial charge is 0.123 e. The van der Waals surface area contributed by atoms with Crippen LogP contribution in [0.4, 0.5) is 10.1 Å². The molecule has 1 N–H and O–H groups in total. The molecule has 126 valence electrons. The highest BCUT2D eigenvalue weighted by atomic mass is 19.1. The number of anilines is 1. The molecule has 2 aromatic rings. The predicted octanol–water partition coefficient (Wildman–Crippen LogP) is 4.65. The van der Waals surface area contributed by atoms with Crippen LogP contribution in [0.15, 0.2) is 53.6 Å². The standard InChI is InChI=1S/C20H24FN3/c1-16-7-5-6-12-24(16)15-18-13-19(21)11-10-17(18)14-22-23-20-8-3-2-4-9-20/h2-4,8-11,13-14,16,23H,5-7,12,15H2,1H3. The third-order valence-corrected chi connectivity index (χ3v) is 4.59. The lowest BCUT2D eigenvalue weighted by molar-refractivity contribution is 0.152. The molecule has 0 radical (unpaired) electrons. The molecule has 1 unspecified atom stereocenters. The second kappa shape index (κ2) is 8.06. The number of para-hydroxylation sites is 1. The molecule has 1 aliphatic rings. The van der Waals surface area contributed by atoms with Gasteiger partial charge in [-0.05, 0) is 61.7 Å². The minimum atomic E-state index is -0.192. The van der Waals surface area contributed by atoms with Gasteiger partial charge in [-0.3, -0.25) is 10.3 Å². The van der Waals surface area contributed by atoms with Gasteiger partial charge in [0.15, 0.2) is 0 Å². The number of hydrazone groups is 1. The number of halogens is 1. The van der Waals surface area contributed by atoms with Crippen molar-refractivity contribution in [2.24, 2.45) is 5.10 Å². The molecule has 3 rings (SSSR count). The summed E-state index contributed by atoms with van der Waals surface area (Å²) in [6.07, 6.45) is 5.50. The van der Waals surface area contributed by atoms with E-state index in [1.165, 1.54) is 25.3 Å². The Balaban J connectivity index is 1.72. The Morgan fingerprint density at radius 2 is 2.04 bits per heavy atom. The van der Waals surface area contributed by atoms with Gasteiger partial charge < -0.3 is 0 Å². The lowest BCUT2D eigenvalue weighted by atomic mass is 10.0. The topological polar surface area (TPSA) is 27.6 Å². The zero-order valence-electron chi connectivity index (χ0n) is 14.1. The Morgan fingerprint density at radius 3 is 2.83 bits per heavy atom. The Kier molecular flexibility index (Phi) is 5.59. The number of nitrogens with one attached hydrogen (secondary N) is 1. The molecule has 1 saturated heterocycles. The van der Waals surface area contributed by atoms with Crippen LogP contribution in [0.2, 0.25) is 0 Å². The van der Waals surface area contributed by atoms with E-state index in [0.29, 0.717) is 6.04 Å². The molecule has 0 aromatic heterocycles. The van der Waals surface area contributed by atoms with E-state index in [0.717, 1.165) is 29.9 Å². The number of piperidine rings is 1. The van der Waals surface area contributed by atoms with Gasteiger partial charge in [0.2, 0.25) is 0 Å². The van der Waals surface area contributed by atoms with Gasteiger partial charge >= 0.3 is 0 Å². The largest absolute Gasteiger partial charge is 0.296 e. The summed E-state index contributed by atoms with van der Waals surface area (Å²) in [7, 11) is 0.